The van der Waals surface area contributed by atoms with Gasteiger partial charge in [-0.1, -0.05) is 0 Å². The number of carbonyl (C=O) groups is 1. The third-order valence-corrected chi connectivity index (χ3v) is 6.70. The van der Waals surface area contributed by atoms with Crippen LogP contribution in [0.2, 0.25) is 0 Å². The molecule has 0 bridgehead atoms. The quantitative estimate of drug-likeness (QED) is 0.799. The minimum absolute atomic E-state index is 0.190. The highest BCUT2D eigenvalue weighted by atomic mass is 32.2. The van der Waals surface area contributed by atoms with Gasteiger partial charge in [-0.25, -0.2) is 8.42 Å². The van der Waals surface area contributed by atoms with Crippen molar-refractivity contribution >= 4 is 21.6 Å². The van der Waals surface area contributed by atoms with Crippen LogP contribution in [0.4, 0.5) is 5.69 Å². The molecule has 1 atom stereocenters. The number of sulfonamides is 1. The van der Waals surface area contributed by atoms with E-state index in [1.807, 2.05) is 6.07 Å². The van der Waals surface area contributed by atoms with Gasteiger partial charge < -0.3 is 14.8 Å². The number of anilines is 1. The van der Waals surface area contributed by atoms with Crippen LogP contribution >= 0.6 is 0 Å². The maximum absolute atomic E-state index is 13.3. The molecule has 3 rings (SSSR count). The van der Waals surface area contributed by atoms with Crippen LogP contribution in [0.15, 0.2) is 47.4 Å². The first-order valence-electron chi connectivity index (χ1n) is 8.98. The van der Waals surface area contributed by atoms with E-state index < -0.39 is 10.0 Å². The number of rotatable bonds is 6. The summed E-state index contributed by atoms with van der Waals surface area (Å²) in [6, 6.07) is 11.3. The summed E-state index contributed by atoms with van der Waals surface area (Å²) in [6.45, 7) is 1.84. The molecule has 8 heteroatoms. The van der Waals surface area contributed by atoms with Crippen molar-refractivity contribution in [3.8, 4) is 11.5 Å². The van der Waals surface area contributed by atoms with E-state index in [0.717, 1.165) is 12.0 Å². The molecule has 0 radical (unpaired) electrons. The number of carbonyl (C=O) groups excluding carboxylic acids is 1. The molecule has 28 heavy (non-hydrogen) atoms. The third-order valence-electron chi connectivity index (χ3n) is 4.78. The summed E-state index contributed by atoms with van der Waals surface area (Å²) in [5, 5.41) is 2.64. The van der Waals surface area contributed by atoms with Gasteiger partial charge in [0.1, 0.15) is 11.5 Å². The zero-order valence-corrected chi connectivity index (χ0v) is 17.0. The van der Waals surface area contributed by atoms with Crippen LogP contribution in [-0.4, -0.2) is 39.4 Å². The molecule has 0 spiro atoms. The molecule has 0 aromatic heterocycles. The molecular weight excluding hydrogens is 380 g/mol. The van der Waals surface area contributed by atoms with Crippen LogP contribution in [0.25, 0.3) is 0 Å². The smallest absolute Gasteiger partial charge is 0.243 e. The zero-order chi connectivity index (χ0) is 20.3. The molecule has 7 nitrogen and oxygen atoms in total. The Bertz CT molecular complexity index is 957. The Kier molecular flexibility index (Phi) is 5.90. The van der Waals surface area contributed by atoms with E-state index >= 15 is 0 Å². The Morgan fingerprint density at radius 1 is 1.11 bits per heavy atom. The van der Waals surface area contributed by atoms with Gasteiger partial charge in [0.15, 0.2) is 0 Å². The Morgan fingerprint density at radius 3 is 2.43 bits per heavy atom. The molecule has 2 aromatic rings. The van der Waals surface area contributed by atoms with Gasteiger partial charge in [0.05, 0.1) is 25.2 Å². The van der Waals surface area contributed by atoms with Crippen molar-refractivity contribution in [1.82, 2.24) is 4.31 Å². The zero-order valence-electron chi connectivity index (χ0n) is 16.1. The van der Waals surface area contributed by atoms with Gasteiger partial charge >= 0.3 is 0 Å². The van der Waals surface area contributed by atoms with Crippen LogP contribution in [0.5, 0.6) is 11.5 Å². The molecule has 0 aliphatic carbocycles. The van der Waals surface area contributed by atoms with E-state index in [1.54, 1.807) is 38.5 Å². The van der Waals surface area contributed by atoms with Gasteiger partial charge in [0, 0.05) is 24.7 Å². The Balaban J connectivity index is 1.95. The minimum Gasteiger partial charge on any atom is -0.497 e. The predicted molar refractivity (Wildman–Crippen MR) is 106 cm³/mol. The first-order chi connectivity index (χ1) is 13.4. The summed E-state index contributed by atoms with van der Waals surface area (Å²) in [4.78, 5) is 11.3. The summed E-state index contributed by atoms with van der Waals surface area (Å²) in [7, 11) is -0.557. The van der Waals surface area contributed by atoms with E-state index in [1.165, 1.54) is 23.4 Å². The number of methoxy groups -OCH3 is 2. The molecule has 1 amide bonds. The number of benzene rings is 2. The topological polar surface area (TPSA) is 84.9 Å². The second-order valence-electron chi connectivity index (χ2n) is 6.59. The molecule has 150 valence electrons. The van der Waals surface area contributed by atoms with Gasteiger partial charge in [-0.3, -0.25) is 4.79 Å². The molecule has 1 fully saturated rings. The summed E-state index contributed by atoms with van der Waals surface area (Å²) in [5.41, 5.74) is 1.34. The molecule has 0 saturated carbocycles. The van der Waals surface area contributed by atoms with Crippen molar-refractivity contribution < 1.29 is 22.7 Å². The van der Waals surface area contributed by atoms with Crippen molar-refractivity contribution in [2.45, 2.75) is 30.7 Å². The van der Waals surface area contributed by atoms with E-state index in [9.17, 15) is 13.2 Å². The lowest BCUT2D eigenvalue weighted by molar-refractivity contribution is -0.114. The first-order valence-corrected chi connectivity index (χ1v) is 10.4. The monoisotopic (exact) mass is 404 g/mol. The molecule has 1 heterocycles. The highest BCUT2D eigenvalue weighted by Crippen LogP contribution is 2.41. The normalized spacial score (nSPS) is 17.3. The fourth-order valence-electron chi connectivity index (χ4n) is 3.49. The number of nitrogens with zero attached hydrogens (tertiary/aromatic N) is 1. The second kappa shape index (κ2) is 8.20. The largest absolute Gasteiger partial charge is 0.497 e. The second-order valence-corrected chi connectivity index (χ2v) is 8.48. The van der Waals surface area contributed by atoms with E-state index in [-0.39, 0.29) is 16.8 Å². The molecule has 2 aromatic carbocycles. The van der Waals surface area contributed by atoms with Crippen molar-refractivity contribution in [2.75, 3.05) is 26.1 Å². The van der Waals surface area contributed by atoms with Gasteiger partial charge in [-0.15, -0.1) is 0 Å². The van der Waals surface area contributed by atoms with Gasteiger partial charge in [0.25, 0.3) is 0 Å². The van der Waals surface area contributed by atoms with Crippen LogP contribution in [-0.2, 0) is 14.8 Å². The Morgan fingerprint density at radius 2 is 1.82 bits per heavy atom. The SMILES string of the molecule is COc1ccc(OC)c(C2CCCN2S(=O)(=O)c2ccc(NC(C)=O)cc2)c1. The lowest BCUT2D eigenvalue weighted by atomic mass is 10.0. The Labute approximate surface area is 165 Å². The summed E-state index contributed by atoms with van der Waals surface area (Å²) in [6.07, 6.45) is 1.46. The highest BCUT2D eigenvalue weighted by molar-refractivity contribution is 7.89. The third kappa shape index (κ3) is 3.98. The molecule has 1 N–H and O–H groups in total. The average Bonchev–Trinajstić information content (AvgIpc) is 3.18. The summed E-state index contributed by atoms with van der Waals surface area (Å²) < 4.78 is 38.8. The molecule has 1 unspecified atom stereocenters. The van der Waals surface area contributed by atoms with E-state index in [2.05, 4.69) is 5.32 Å². The molecule has 1 saturated heterocycles. The number of hydrogen-bond donors (Lipinski definition) is 1. The van der Waals surface area contributed by atoms with Crippen molar-refractivity contribution in [3.63, 3.8) is 0 Å². The van der Waals surface area contributed by atoms with Crippen LogP contribution in [0.1, 0.15) is 31.4 Å². The van der Waals surface area contributed by atoms with Gasteiger partial charge in [0.2, 0.25) is 15.9 Å². The van der Waals surface area contributed by atoms with E-state index in [0.29, 0.717) is 30.2 Å². The molecule has 1 aliphatic heterocycles. The lowest BCUT2D eigenvalue weighted by Crippen LogP contribution is -2.31. The predicted octanol–water partition coefficient (Wildman–Crippen LogP) is 3.19. The van der Waals surface area contributed by atoms with Crippen molar-refractivity contribution in [3.05, 3.63) is 48.0 Å². The van der Waals surface area contributed by atoms with Crippen LogP contribution in [0.3, 0.4) is 0 Å². The fourth-order valence-corrected chi connectivity index (χ4v) is 5.16. The van der Waals surface area contributed by atoms with Crippen molar-refractivity contribution in [2.24, 2.45) is 0 Å². The van der Waals surface area contributed by atoms with Crippen LogP contribution in [0, 0.1) is 0 Å². The Hall–Kier alpha value is -2.58. The average molecular weight is 404 g/mol. The number of hydrogen-bond acceptors (Lipinski definition) is 5. The maximum Gasteiger partial charge on any atom is 0.243 e. The number of amides is 1. The van der Waals surface area contributed by atoms with Crippen LogP contribution < -0.4 is 14.8 Å². The highest BCUT2D eigenvalue weighted by Gasteiger charge is 2.37. The molecule has 1 aliphatic rings. The maximum atomic E-state index is 13.3. The summed E-state index contributed by atoms with van der Waals surface area (Å²) >= 11 is 0. The fraction of sp³-hybridized carbons (Fsp3) is 0.350. The standard InChI is InChI=1S/C20H24N2O5S/c1-14(23)21-15-6-9-17(10-7-15)28(24,25)22-12-4-5-19(22)18-13-16(26-2)8-11-20(18)27-3/h6-11,13,19H,4-5,12H2,1-3H3,(H,21,23). The first kappa shape index (κ1) is 20.2. The lowest BCUT2D eigenvalue weighted by Gasteiger charge is -2.26. The minimum atomic E-state index is -3.70. The van der Waals surface area contributed by atoms with E-state index in [4.69, 9.17) is 9.47 Å². The van der Waals surface area contributed by atoms with Gasteiger partial charge in [-0.2, -0.15) is 4.31 Å². The summed E-state index contributed by atoms with van der Waals surface area (Å²) in [5.74, 6) is 1.08. The molecular formula is C20H24N2O5S. The number of nitrogens with one attached hydrogen (secondary N) is 1. The van der Waals surface area contributed by atoms with Gasteiger partial charge in [-0.05, 0) is 55.3 Å². The number of ether oxygens (including phenoxy) is 2. The van der Waals surface area contributed by atoms with Crippen molar-refractivity contribution in [1.29, 1.82) is 0 Å².